The van der Waals surface area contributed by atoms with E-state index in [4.69, 9.17) is 0 Å². The molecule has 4 heterocycles. The Morgan fingerprint density at radius 1 is 1.12 bits per heavy atom. The first-order valence-corrected chi connectivity index (χ1v) is 8.67. The van der Waals surface area contributed by atoms with Gasteiger partial charge in [0.25, 0.3) is 5.56 Å². The van der Waals surface area contributed by atoms with Crippen LogP contribution in [0.5, 0.6) is 0 Å². The molecule has 0 spiro atoms. The smallest absolute Gasteiger partial charge is 0.256 e. The van der Waals surface area contributed by atoms with Crippen molar-refractivity contribution in [1.82, 2.24) is 29.8 Å². The number of rotatable bonds is 3. The van der Waals surface area contributed by atoms with Gasteiger partial charge in [-0.15, -0.1) is 0 Å². The SMILES string of the molecule is Cc1c(C2CCNCC2)c(=O)n(Cc2nccnc2F)c2nccnc12. The van der Waals surface area contributed by atoms with Crippen LogP contribution in [0.3, 0.4) is 0 Å². The highest BCUT2D eigenvalue weighted by atomic mass is 19.1. The molecule has 1 aliphatic rings. The normalized spacial score (nSPS) is 15.5. The number of hydrogen-bond acceptors (Lipinski definition) is 6. The summed E-state index contributed by atoms with van der Waals surface area (Å²) in [7, 11) is 0. The zero-order valence-electron chi connectivity index (χ0n) is 14.4. The summed E-state index contributed by atoms with van der Waals surface area (Å²) in [5.41, 5.74) is 2.70. The van der Waals surface area contributed by atoms with Gasteiger partial charge < -0.3 is 5.32 Å². The average molecular weight is 354 g/mol. The Morgan fingerprint density at radius 3 is 2.58 bits per heavy atom. The first kappa shape index (κ1) is 16.7. The molecule has 1 saturated heterocycles. The van der Waals surface area contributed by atoms with E-state index in [0.29, 0.717) is 11.2 Å². The molecule has 0 radical (unpaired) electrons. The summed E-state index contributed by atoms with van der Waals surface area (Å²) in [6, 6.07) is 0. The van der Waals surface area contributed by atoms with E-state index in [-0.39, 0.29) is 23.7 Å². The Hall–Kier alpha value is -2.74. The standard InChI is InChI=1S/C18H19FN6O/c1-11-14(12-2-4-20-5-3-12)18(26)25(17-15(11)22-7-9-24-17)10-13-16(19)23-8-6-21-13/h6-9,12,20H,2-5,10H2,1H3. The number of nitrogens with one attached hydrogen (secondary N) is 1. The molecule has 26 heavy (non-hydrogen) atoms. The van der Waals surface area contributed by atoms with Crippen molar-refractivity contribution in [3.8, 4) is 0 Å². The Balaban J connectivity index is 1.93. The van der Waals surface area contributed by atoms with Gasteiger partial charge in [-0.05, 0) is 44.3 Å². The van der Waals surface area contributed by atoms with Crippen LogP contribution >= 0.6 is 0 Å². The van der Waals surface area contributed by atoms with Gasteiger partial charge in [-0.1, -0.05) is 0 Å². The number of nitrogens with zero attached hydrogens (tertiary/aromatic N) is 5. The van der Waals surface area contributed by atoms with Crippen LogP contribution in [0.25, 0.3) is 11.2 Å². The van der Waals surface area contributed by atoms with Crippen molar-refractivity contribution in [3.05, 3.63) is 57.9 Å². The van der Waals surface area contributed by atoms with E-state index in [2.05, 4.69) is 25.3 Å². The molecule has 0 atom stereocenters. The minimum atomic E-state index is -0.680. The van der Waals surface area contributed by atoms with Crippen molar-refractivity contribution in [1.29, 1.82) is 0 Å². The van der Waals surface area contributed by atoms with E-state index in [1.807, 2.05) is 6.92 Å². The molecule has 4 rings (SSSR count). The summed E-state index contributed by atoms with van der Waals surface area (Å²) in [5, 5.41) is 3.32. The molecule has 3 aromatic rings. The van der Waals surface area contributed by atoms with Crippen molar-refractivity contribution >= 4 is 11.2 Å². The molecule has 1 fully saturated rings. The third-order valence-electron chi connectivity index (χ3n) is 4.95. The van der Waals surface area contributed by atoms with Gasteiger partial charge in [0.1, 0.15) is 11.2 Å². The topological polar surface area (TPSA) is 85.6 Å². The fourth-order valence-corrected chi connectivity index (χ4v) is 3.67. The highest BCUT2D eigenvalue weighted by Gasteiger charge is 2.25. The number of aryl methyl sites for hydroxylation is 1. The lowest BCUT2D eigenvalue weighted by Gasteiger charge is -2.25. The van der Waals surface area contributed by atoms with Gasteiger partial charge >= 0.3 is 0 Å². The summed E-state index contributed by atoms with van der Waals surface area (Å²) >= 11 is 0. The molecule has 0 aromatic carbocycles. The fraction of sp³-hybridized carbons (Fsp3) is 0.389. The van der Waals surface area contributed by atoms with Crippen molar-refractivity contribution in [2.45, 2.75) is 32.2 Å². The van der Waals surface area contributed by atoms with Crippen molar-refractivity contribution in [2.75, 3.05) is 13.1 Å². The molecular formula is C18H19FN6O. The summed E-state index contributed by atoms with van der Waals surface area (Å²) in [4.78, 5) is 29.7. The number of piperidine rings is 1. The van der Waals surface area contributed by atoms with E-state index in [1.165, 1.54) is 23.2 Å². The van der Waals surface area contributed by atoms with Crippen molar-refractivity contribution in [2.24, 2.45) is 0 Å². The van der Waals surface area contributed by atoms with Crippen LogP contribution in [-0.4, -0.2) is 37.6 Å². The lowest BCUT2D eigenvalue weighted by atomic mass is 9.88. The summed E-state index contributed by atoms with van der Waals surface area (Å²) in [6.07, 6.45) is 7.63. The van der Waals surface area contributed by atoms with Crippen LogP contribution in [0, 0.1) is 12.9 Å². The maximum absolute atomic E-state index is 14.0. The second-order valence-corrected chi connectivity index (χ2v) is 6.48. The molecule has 1 aliphatic heterocycles. The Bertz CT molecular complexity index is 1010. The van der Waals surface area contributed by atoms with E-state index in [0.717, 1.165) is 37.1 Å². The van der Waals surface area contributed by atoms with Crippen molar-refractivity contribution < 1.29 is 4.39 Å². The molecule has 7 nitrogen and oxygen atoms in total. The molecule has 0 unspecified atom stereocenters. The average Bonchev–Trinajstić information content (AvgIpc) is 2.67. The largest absolute Gasteiger partial charge is 0.317 e. The minimum absolute atomic E-state index is 0.0219. The number of fused-ring (bicyclic) bond motifs is 1. The predicted molar refractivity (Wildman–Crippen MR) is 94.5 cm³/mol. The van der Waals surface area contributed by atoms with Gasteiger partial charge in [0.05, 0.1) is 6.54 Å². The fourth-order valence-electron chi connectivity index (χ4n) is 3.67. The Kier molecular flexibility index (Phi) is 4.42. The van der Waals surface area contributed by atoms with E-state index in [9.17, 15) is 9.18 Å². The maximum atomic E-state index is 14.0. The van der Waals surface area contributed by atoms with E-state index >= 15 is 0 Å². The van der Waals surface area contributed by atoms with Gasteiger partial charge in [-0.3, -0.25) is 19.3 Å². The van der Waals surface area contributed by atoms with Gasteiger partial charge in [0.2, 0.25) is 5.95 Å². The van der Waals surface area contributed by atoms with Crippen LogP contribution in [0.15, 0.2) is 29.6 Å². The van der Waals surface area contributed by atoms with Crippen LogP contribution in [0.1, 0.15) is 35.6 Å². The van der Waals surface area contributed by atoms with E-state index in [1.54, 1.807) is 6.20 Å². The van der Waals surface area contributed by atoms with Crippen LogP contribution < -0.4 is 10.9 Å². The summed E-state index contributed by atoms with van der Waals surface area (Å²) < 4.78 is 15.5. The van der Waals surface area contributed by atoms with Crippen LogP contribution in [0.4, 0.5) is 4.39 Å². The van der Waals surface area contributed by atoms with Gasteiger partial charge in [-0.2, -0.15) is 4.39 Å². The molecule has 1 N–H and O–H groups in total. The summed E-state index contributed by atoms with van der Waals surface area (Å²) in [5.74, 6) is -0.520. The number of aromatic nitrogens is 5. The molecule has 0 saturated carbocycles. The zero-order chi connectivity index (χ0) is 18.1. The molecule has 8 heteroatoms. The van der Waals surface area contributed by atoms with Crippen molar-refractivity contribution in [3.63, 3.8) is 0 Å². The summed E-state index contributed by atoms with van der Waals surface area (Å²) in [6.45, 7) is 3.65. The quantitative estimate of drug-likeness (QED) is 0.768. The lowest BCUT2D eigenvalue weighted by Crippen LogP contribution is -2.34. The Labute approximate surface area is 149 Å². The first-order valence-electron chi connectivity index (χ1n) is 8.67. The molecule has 0 aliphatic carbocycles. The Morgan fingerprint density at radius 2 is 1.81 bits per heavy atom. The second kappa shape index (κ2) is 6.87. The molecular weight excluding hydrogens is 335 g/mol. The van der Waals surface area contributed by atoms with Crippen LogP contribution in [-0.2, 0) is 6.54 Å². The molecule has 134 valence electrons. The van der Waals surface area contributed by atoms with E-state index < -0.39 is 5.95 Å². The second-order valence-electron chi connectivity index (χ2n) is 6.48. The highest BCUT2D eigenvalue weighted by molar-refractivity contribution is 5.75. The van der Waals surface area contributed by atoms with Gasteiger partial charge in [0, 0.05) is 30.4 Å². The lowest BCUT2D eigenvalue weighted by molar-refractivity contribution is 0.454. The highest BCUT2D eigenvalue weighted by Crippen LogP contribution is 2.28. The maximum Gasteiger partial charge on any atom is 0.256 e. The number of pyridine rings is 1. The molecule has 0 amide bonds. The minimum Gasteiger partial charge on any atom is -0.317 e. The van der Waals surface area contributed by atoms with Gasteiger partial charge in [-0.25, -0.2) is 9.97 Å². The third kappa shape index (κ3) is 2.86. The molecule has 0 bridgehead atoms. The first-order chi connectivity index (χ1) is 12.7. The monoisotopic (exact) mass is 354 g/mol. The zero-order valence-corrected chi connectivity index (χ0v) is 14.4. The third-order valence-corrected chi connectivity index (χ3v) is 4.95. The van der Waals surface area contributed by atoms with Crippen LogP contribution in [0.2, 0.25) is 0 Å². The number of halogens is 1. The molecule has 3 aromatic heterocycles. The van der Waals surface area contributed by atoms with Gasteiger partial charge in [0.15, 0.2) is 5.65 Å². The predicted octanol–water partition coefficient (Wildman–Crippen LogP) is 1.54. The number of hydrogen-bond donors (Lipinski definition) is 1.